The van der Waals surface area contributed by atoms with Crippen LogP contribution in [0.25, 0.3) is 11.1 Å². The Labute approximate surface area is 296 Å². The number of aliphatic carboxylic acids is 1. The average molecular weight is 734 g/mol. The highest BCUT2D eigenvalue weighted by Gasteiger charge is 2.38. The van der Waals surface area contributed by atoms with E-state index in [0.717, 1.165) is 10.7 Å². The lowest BCUT2D eigenvalue weighted by Gasteiger charge is -2.34. The van der Waals surface area contributed by atoms with E-state index in [1.807, 2.05) is 18.7 Å². The second kappa shape index (κ2) is 16.6. The number of benzene rings is 2. The number of hydrogen-bond donors (Lipinski definition) is 1. The van der Waals surface area contributed by atoms with Gasteiger partial charge in [0.25, 0.3) is 5.56 Å². The molecular formula is C37H44F5N3O5Si. The molecule has 2 heterocycles. The number of alkyl halides is 4. The Morgan fingerprint density at radius 1 is 1.06 bits per heavy atom. The van der Waals surface area contributed by atoms with Gasteiger partial charge in [0, 0.05) is 38.5 Å². The van der Waals surface area contributed by atoms with Crippen molar-refractivity contribution in [1.82, 2.24) is 14.7 Å². The van der Waals surface area contributed by atoms with E-state index in [2.05, 4.69) is 5.10 Å². The van der Waals surface area contributed by atoms with Gasteiger partial charge in [-0.25, -0.2) is 13.5 Å². The van der Waals surface area contributed by atoms with Crippen molar-refractivity contribution in [3.8, 4) is 16.9 Å². The van der Waals surface area contributed by atoms with Gasteiger partial charge in [0.2, 0.25) is 0 Å². The molecule has 0 spiro atoms. The van der Waals surface area contributed by atoms with Crippen molar-refractivity contribution in [2.75, 3.05) is 26.7 Å². The van der Waals surface area contributed by atoms with Crippen molar-refractivity contribution in [3.05, 3.63) is 80.0 Å². The number of rotatable bonds is 16. The minimum Gasteiger partial charge on any atom is -0.497 e. The molecule has 1 aromatic heterocycles. The molecule has 3 aromatic rings. The molecule has 2 atom stereocenters. The standard InChI is InChI=1S/C37H44F5N3O5Si/c1-20(2)19-51-36(45-32(47)13-21(3)30(43-45)9-10-44-17-26(38)18-44)31(46)8-7-24(16-33(48)49)28-14-25(15-29(35(28)39)37(40,41)42)34-22(4)11-27(50-6)12-23(34)5/h11-15,20,24,26,36H,7-10,16-19H2,1-6H3,(H,48,49)/t24-,36-/m0/s1. The van der Waals surface area contributed by atoms with Crippen LogP contribution in [-0.4, -0.2) is 74.0 Å². The van der Waals surface area contributed by atoms with Crippen molar-refractivity contribution in [1.29, 1.82) is 0 Å². The van der Waals surface area contributed by atoms with Crippen LogP contribution in [0.5, 0.6) is 5.75 Å². The topological polar surface area (TPSA) is 102 Å². The number of ketones is 1. The molecule has 2 radical (unpaired) electrons. The Hall–Kier alpha value is -3.91. The molecule has 0 bridgehead atoms. The van der Waals surface area contributed by atoms with Crippen LogP contribution in [0.1, 0.15) is 78.2 Å². The Morgan fingerprint density at radius 2 is 1.71 bits per heavy atom. The first-order valence-corrected chi connectivity index (χ1v) is 18.2. The quantitative estimate of drug-likeness (QED) is 0.124. The number of halogens is 5. The highest BCUT2D eigenvalue weighted by Crippen LogP contribution is 2.42. The zero-order chi connectivity index (χ0) is 37.8. The van der Waals surface area contributed by atoms with Crippen molar-refractivity contribution in [2.24, 2.45) is 5.92 Å². The summed E-state index contributed by atoms with van der Waals surface area (Å²) in [6, 6.07) is 7.21. The Kier molecular flexibility index (Phi) is 13.0. The number of ether oxygens (including phenoxy) is 1. The average Bonchev–Trinajstić information content (AvgIpc) is 3.01. The Balaban J connectivity index is 1.71. The third-order valence-corrected chi connectivity index (χ3v) is 11.1. The predicted octanol–water partition coefficient (Wildman–Crippen LogP) is 7.08. The minimum atomic E-state index is -5.09. The number of carbonyl (C=O) groups is 2. The van der Waals surface area contributed by atoms with Gasteiger partial charge >= 0.3 is 12.1 Å². The van der Waals surface area contributed by atoms with E-state index in [4.69, 9.17) is 4.74 Å². The normalized spacial score (nSPS) is 15.1. The number of aryl methyl sites for hydroxylation is 3. The molecule has 51 heavy (non-hydrogen) atoms. The number of carboxylic acids is 1. The summed E-state index contributed by atoms with van der Waals surface area (Å²) in [4.78, 5) is 41.1. The van der Waals surface area contributed by atoms with E-state index in [1.54, 1.807) is 32.9 Å². The molecule has 1 aliphatic heterocycles. The van der Waals surface area contributed by atoms with Gasteiger partial charge in [-0.3, -0.25) is 19.3 Å². The highest BCUT2D eigenvalue weighted by atomic mass is 28.2. The number of carboxylic acid groups (broad SMARTS) is 1. The van der Waals surface area contributed by atoms with Crippen molar-refractivity contribution < 1.29 is 41.4 Å². The molecule has 0 saturated carbocycles. The van der Waals surface area contributed by atoms with Crippen LogP contribution in [0, 0.1) is 32.5 Å². The third kappa shape index (κ3) is 9.91. The minimum absolute atomic E-state index is 0.0533. The van der Waals surface area contributed by atoms with E-state index in [-0.39, 0.29) is 33.8 Å². The molecular weight excluding hydrogens is 689 g/mol. The number of aromatic nitrogens is 2. The first kappa shape index (κ1) is 39.9. The summed E-state index contributed by atoms with van der Waals surface area (Å²) in [5.74, 6) is -4.05. The lowest BCUT2D eigenvalue weighted by Crippen LogP contribution is -2.49. The van der Waals surface area contributed by atoms with Gasteiger partial charge in [-0.05, 0) is 96.7 Å². The zero-order valence-corrected chi connectivity index (χ0v) is 30.7. The maximum absolute atomic E-state index is 15.9. The molecule has 8 nitrogen and oxygen atoms in total. The first-order valence-electron chi connectivity index (χ1n) is 16.9. The third-order valence-electron chi connectivity index (χ3n) is 9.13. The molecule has 0 amide bonds. The summed E-state index contributed by atoms with van der Waals surface area (Å²) in [5, 5.41) is 14.4. The summed E-state index contributed by atoms with van der Waals surface area (Å²) in [5.41, 5.74) is -0.672. The van der Waals surface area contributed by atoms with Gasteiger partial charge in [0.05, 0.1) is 40.0 Å². The second-order valence-corrected chi connectivity index (χ2v) is 15.1. The Bertz CT molecular complexity index is 1780. The summed E-state index contributed by atoms with van der Waals surface area (Å²) >= 11 is 0. The summed E-state index contributed by atoms with van der Waals surface area (Å²) in [6.07, 6.45) is -6.87. The number of methoxy groups -OCH3 is 1. The van der Waals surface area contributed by atoms with Gasteiger partial charge in [0.15, 0.2) is 5.78 Å². The highest BCUT2D eigenvalue weighted by molar-refractivity contribution is 6.43. The van der Waals surface area contributed by atoms with Crippen molar-refractivity contribution in [2.45, 2.75) is 90.3 Å². The van der Waals surface area contributed by atoms with Gasteiger partial charge in [-0.2, -0.15) is 18.3 Å². The van der Waals surface area contributed by atoms with E-state index < -0.39 is 64.6 Å². The van der Waals surface area contributed by atoms with Gasteiger partial charge in [0.1, 0.15) is 17.7 Å². The van der Waals surface area contributed by atoms with Crippen LogP contribution < -0.4 is 10.3 Å². The number of Topliss-reactive ketones (excluding diaryl/α,β-unsaturated/α-hetero) is 1. The monoisotopic (exact) mass is 733 g/mol. The molecule has 2 aromatic carbocycles. The van der Waals surface area contributed by atoms with Crippen molar-refractivity contribution in [3.63, 3.8) is 0 Å². The number of carbonyl (C=O) groups excluding carboxylic acids is 1. The number of hydrogen-bond acceptors (Lipinski definition) is 6. The molecule has 1 aliphatic rings. The zero-order valence-electron chi connectivity index (χ0n) is 29.7. The van der Waals surface area contributed by atoms with Crippen LogP contribution in [0.3, 0.4) is 0 Å². The molecule has 276 valence electrons. The number of likely N-dealkylation sites (tertiary alicyclic amines) is 1. The molecule has 4 rings (SSSR count). The molecule has 0 aliphatic carbocycles. The van der Waals surface area contributed by atoms with Crippen LogP contribution in [0.4, 0.5) is 22.0 Å². The molecule has 0 unspecified atom stereocenters. The molecule has 1 fully saturated rings. The first-order chi connectivity index (χ1) is 23.9. The molecule has 1 N–H and O–H groups in total. The fourth-order valence-electron chi connectivity index (χ4n) is 6.49. The maximum atomic E-state index is 15.9. The van der Waals surface area contributed by atoms with E-state index in [1.165, 1.54) is 19.2 Å². The summed E-state index contributed by atoms with van der Waals surface area (Å²) < 4.78 is 78.5. The van der Waals surface area contributed by atoms with Crippen LogP contribution in [-0.2, 0) is 22.2 Å². The molecule has 14 heteroatoms. The number of nitrogens with zero attached hydrogens (tertiary/aromatic N) is 3. The summed E-state index contributed by atoms with van der Waals surface area (Å²) in [7, 11) is 1.38. The SMILES string of the molecule is COc1cc(C)c(-c2cc([C@@H](CCC(=O)[C@H]([Si]CC(C)C)n3nc(CCN4CC(F)C4)c(C)cc3=O)CC(=O)O)c(F)c(C(F)(F)F)c2)c(C)c1. The predicted molar refractivity (Wildman–Crippen MR) is 185 cm³/mol. The lowest BCUT2D eigenvalue weighted by molar-refractivity contribution is -0.140. The van der Waals surface area contributed by atoms with Crippen LogP contribution in [0.2, 0.25) is 6.04 Å². The van der Waals surface area contributed by atoms with Crippen molar-refractivity contribution >= 4 is 21.3 Å². The lowest BCUT2D eigenvalue weighted by atomic mass is 9.85. The van der Waals surface area contributed by atoms with Crippen LogP contribution in [0.15, 0.2) is 35.1 Å². The smallest absolute Gasteiger partial charge is 0.419 e. The van der Waals surface area contributed by atoms with Gasteiger partial charge in [-0.1, -0.05) is 19.9 Å². The van der Waals surface area contributed by atoms with E-state index in [9.17, 15) is 37.1 Å². The van der Waals surface area contributed by atoms with E-state index in [0.29, 0.717) is 65.8 Å². The fraction of sp³-hybridized carbons (Fsp3) is 0.514. The van der Waals surface area contributed by atoms with Gasteiger partial charge < -0.3 is 9.84 Å². The second-order valence-electron chi connectivity index (χ2n) is 13.7. The maximum Gasteiger partial charge on any atom is 0.419 e. The molecule has 1 saturated heterocycles. The fourth-order valence-corrected chi connectivity index (χ4v) is 7.91. The van der Waals surface area contributed by atoms with Gasteiger partial charge in [-0.15, -0.1) is 0 Å². The van der Waals surface area contributed by atoms with Crippen LogP contribution >= 0.6 is 0 Å². The largest absolute Gasteiger partial charge is 0.497 e. The van der Waals surface area contributed by atoms with E-state index >= 15 is 4.39 Å². The summed E-state index contributed by atoms with van der Waals surface area (Å²) in [6.45, 7) is 10.2. The Morgan fingerprint density at radius 3 is 2.25 bits per heavy atom.